The van der Waals surface area contributed by atoms with Crippen LogP contribution < -0.4 is 14.8 Å². The number of pyridine rings is 1. The number of nitrogens with zero attached hydrogens (tertiary/aromatic N) is 2. The number of allylic oxidation sites excluding steroid dienone is 2. The zero-order valence-corrected chi connectivity index (χ0v) is 16.5. The number of fused-ring (bicyclic) bond motifs is 1. The average molecular weight is 382 g/mol. The van der Waals surface area contributed by atoms with Gasteiger partial charge in [0.25, 0.3) is 0 Å². The van der Waals surface area contributed by atoms with Crippen molar-refractivity contribution in [1.82, 2.24) is 9.97 Å². The predicted octanol–water partition coefficient (Wildman–Crippen LogP) is 5.26. The highest BCUT2D eigenvalue weighted by molar-refractivity contribution is 7.19. The van der Waals surface area contributed by atoms with Crippen LogP contribution in [0.15, 0.2) is 42.6 Å². The second-order valence-corrected chi connectivity index (χ2v) is 6.91. The highest BCUT2D eigenvalue weighted by Crippen LogP contribution is 2.34. The number of aromatic nitrogens is 2. The lowest BCUT2D eigenvalue weighted by Crippen LogP contribution is -2.01. The Morgan fingerprint density at radius 2 is 1.85 bits per heavy atom. The van der Waals surface area contributed by atoms with Gasteiger partial charge >= 0.3 is 0 Å². The van der Waals surface area contributed by atoms with Crippen molar-refractivity contribution in [3.63, 3.8) is 0 Å². The largest absolute Gasteiger partial charge is 0.493 e. The zero-order valence-electron chi connectivity index (χ0n) is 15.7. The van der Waals surface area contributed by atoms with E-state index in [1.807, 2.05) is 54.8 Å². The SMILES string of the molecule is CCCNc1ccc(/C=C/C=C/c2nc3cc(OC)c(OC)cc3s2)cn1. The van der Waals surface area contributed by atoms with Gasteiger partial charge in [-0.25, -0.2) is 9.97 Å². The molecule has 0 saturated heterocycles. The molecule has 0 aliphatic heterocycles. The minimum Gasteiger partial charge on any atom is -0.493 e. The number of hydrogen-bond donors (Lipinski definition) is 1. The van der Waals surface area contributed by atoms with Crippen molar-refractivity contribution >= 4 is 39.5 Å². The lowest BCUT2D eigenvalue weighted by atomic mass is 10.2. The Morgan fingerprint density at radius 1 is 1.07 bits per heavy atom. The summed E-state index contributed by atoms with van der Waals surface area (Å²) in [5, 5.41) is 4.20. The fourth-order valence-corrected chi connectivity index (χ4v) is 3.40. The molecule has 0 atom stereocenters. The fraction of sp³-hybridized carbons (Fsp3) is 0.238. The summed E-state index contributed by atoms with van der Waals surface area (Å²) in [6.07, 6.45) is 10.9. The van der Waals surface area contributed by atoms with Crippen LogP contribution >= 0.6 is 11.3 Å². The number of benzene rings is 1. The number of rotatable bonds is 8. The van der Waals surface area contributed by atoms with E-state index in [4.69, 9.17) is 9.47 Å². The highest BCUT2D eigenvalue weighted by Gasteiger charge is 2.09. The molecule has 3 rings (SSSR count). The quantitative estimate of drug-likeness (QED) is 0.540. The molecular formula is C21H23N3O2S. The Labute approximate surface area is 163 Å². The summed E-state index contributed by atoms with van der Waals surface area (Å²) in [4.78, 5) is 9.02. The van der Waals surface area contributed by atoms with E-state index in [1.54, 1.807) is 25.6 Å². The van der Waals surface area contributed by atoms with Gasteiger partial charge in [-0.2, -0.15) is 0 Å². The van der Waals surface area contributed by atoms with Crippen LogP contribution in [0.4, 0.5) is 5.82 Å². The van der Waals surface area contributed by atoms with Gasteiger partial charge in [0.2, 0.25) is 0 Å². The molecule has 0 unspecified atom stereocenters. The van der Waals surface area contributed by atoms with E-state index < -0.39 is 0 Å². The summed E-state index contributed by atoms with van der Waals surface area (Å²) in [7, 11) is 3.26. The molecule has 0 bridgehead atoms. The molecule has 1 aromatic carbocycles. The molecule has 2 heterocycles. The third-order valence-corrected chi connectivity index (χ3v) is 4.87. The number of nitrogens with one attached hydrogen (secondary N) is 1. The Balaban J connectivity index is 1.67. The lowest BCUT2D eigenvalue weighted by Gasteiger charge is -2.05. The first kappa shape index (κ1) is 18.9. The normalized spacial score (nSPS) is 11.5. The molecule has 6 heteroatoms. The Kier molecular flexibility index (Phi) is 6.44. The molecule has 140 valence electrons. The van der Waals surface area contributed by atoms with Gasteiger partial charge in [-0.15, -0.1) is 11.3 Å². The van der Waals surface area contributed by atoms with E-state index in [0.717, 1.165) is 39.6 Å². The number of ether oxygens (including phenoxy) is 2. The topological polar surface area (TPSA) is 56.3 Å². The minimum atomic E-state index is 0.690. The first-order valence-electron chi connectivity index (χ1n) is 8.80. The maximum Gasteiger partial charge on any atom is 0.162 e. The summed E-state index contributed by atoms with van der Waals surface area (Å²) in [5.41, 5.74) is 1.96. The van der Waals surface area contributed by atoms with Crippen molar-refractivity contribution < 1.29 is 9.47 Å². The summed E-state index contributed by atoms with van der Waals surface area (Å²) in [5.74, 6) is 2.31. The van der Waals surface area contributed by atoms with Gasteiger partial charge in [-0.3, -0.25) is 0 Å². The van der Waals surface area contributed by atoms with Gasteiger partial charge in [-0.1, -0.05) is 25.2 Å². The van der Waals surface area contributed by atoms with Crippen molar-refractivity contribution in [3.05, 3.63) is 53.2 Å². The number of thiazole rings is 1. The summed E-state index contributed by atoms with van der Waals surface area (Å²) in [6, 6.07) is 7.90. The van der Waals surface area contributed by atoms with E-state index in [-0.39, 0.29) is 0 Å². The van der Waals surface area contributed by atoms with Gasteiger partial charge in [0.05, 0.1) is 24.4 Å². The van der Waals surface area contributed by atoms with Gasteiger partial charge in [-0.05, 0) is 30.2 Å². The Hall–Kier alpha value is -2.86. The Bertz CT molecular complexity index is 905. The van der Waals surface area contributed by atoms with Gasteiger partial charge < -0.3 is 14.8 Å². The standard InChI is InChI=1S/C21H23N3O2S/c1-4-11-22-20-10-9-15(14-23-20)7-5-6-8-21-24-16-12-17(25-2)18(26-3)13-19(16)27-21/h5-10,12-14H,4,11H2,1-3H3,(H,22,23)/b7-5+,8-6+. The maximum absolute atomic E-state index is 5.35. The molecule has 3 aromatic rings. The van der Waals surface area contributed by atoms with Crippen LogP contribution in [-0.4, -0.2) is 30.7 Å². The van der Waals surface area contributed by atoms with Crippen LogP contribution in [0.2, 0.25) is 0 Å². The predicted molar refractivity (Wildman–Crippen MR) is 114 cm³/mol. The van der Waals surface area contributed by atoms with Crippen molar-refractivity contribution in [2.45, 2.75) is 13.3 Å². The van der Waals surface area contributed by atoms with E-state index in [9.17, 15) is 0 Å². The van der Waals surface area contributed by atoms with Crippen LogP contribution in [0.3, 0.4) is 0 Å². The fourth-order valence-electron chi connectivity index (χ4n) is 2.51. The second kappa shape index (κ2) is 9.19. The zero-order chi connectivity index (χ0) is 19.1. The van der Waals surface area contributed by atoms with Crippen molar-refractivity contribution in [3.8, 4) is 11.5 Å². The number of anilines is 1. The molecule has 0 aliphatic rings. The van der Waals surface area contributed by atoms with Gasteiger partial charge in [0, 0.05) is 24.9 Å². The summed E-state index contributed by atoms with van der Waals surface area (Å²) in [6.45, 7) is 3.07. The molecule has 5 nitrogen and oxygen atoms in total. The van der Waals surface area contributed by atoms with E-state index >= 15 is 0 Å². The molecule has 2 aromatic heterocycles. The minimum absolute atomic E-state index is 0.690. The first-order valence-corrected chi connectivity index (χ1v) is 9.62. The molecule has 0 saturated carbocycles. The third-order valence-electron chi connectivity index (χ3n) is 3.89. The summed E-state index contributed by atoms with van der Waals surface area (Å²) < 4.78 is 11.7. The molecule has 27 heavy (non-hydrogen) atoms. The average Bonchev–Trinajstić information content (AvgIpc) is 3.11. The van der Waals surface area contributed by atoms with Crippen LogP contribution in [0.1, 0.15) is 23.9 Å². The molecule has 0 fully saturated rings. The molecule has 0 aliphatic carbocycles. The molecule has 1 N–H and O–H groups in total. The highest BCUT2D eigenvalue weighted by atomic mass is 32.1. The van der Waals surface area contributed by atoms with E-state index in [0.29, 0.717) is 11.5 Å². The molecule has 0 radical (unpaired) electrons. The van der Waals surface area contributed by atoms with Crippen molar-refractivity contribution in [2.75, 3.05) is 26.1 Å². The van der Waals surface area contributed by atoms with Crippen molar-refractivity contribution in [2.24, 2.45) is 0 Å². The maximum atomic E-state index is 5.35. The summed E-state index contributed by atoms with van der Waals surface area (Å²) >= 11 is 1.61. The monoisotopic (exact) mass is 381 g/mol. The van der Waals surface area contributed by atoms with Crippen molar-refractivity contribution in [1.29, 1.82) is 0 Å². The Morgan fingerprint density at radius 3 is 2.56 bits per heavy atom. The smallest absolute Gasteiger partial charge is 0.162 e. The van der Waals surface area contributed by atoms with Crippen LogP contribution in [-0.2, 0) is 0 Å². The van der Waals surface area contributed by atoms with Gasteiger partial charge in [0.1, 0.15) is 10.8 Å². The molecule has 0 spiro atoms. The molecular weight excluding hydrogens is 358 g/mol. The van der Waals surface area contributed by atoms with Gasteiger partial charge in [0.15, 0.2) is 11.5 Å². The van der Waals surface area contributed by atoms with Crippen LogP contribution in [0, 0.1) is 0 Å². The van der Waals surface area contributed by atoms with E-state index in [1.165, 1.54) is 0 Å². The lowest BCUT2D eigenvalue weighted by molar-refractivity contribution is 0.356. The second-order valence-electron chi connectivity index (χ2n) is 5.85. The molecule has 0 amide bonds. The third kappa shape index (κ3) is 4.86. The first-order chi connectivity index (χ1) is 13.2. The van der Waals surface area contributed by atoms with Crippen LogP contribution in [0.25, 0.3) is 22.4 Å². The number of hydrogen-bond acceptors (Lipinski definition) is 6. The van der Waals surface area contributed by atoms with E-state index in [2.05, 4.69) is 22.2 Å². The van der Waals surface area contributed by atoms with Crippen LogP contribution in [0.5, 0.6) is 11.5 Å². The number of methoxy groups -OCH3 is 2.